The SMILES string of the molecule is C[C@H]1C[C@H](Nc2ccncc2C(=O)c2ccn(Cc3cccc(Cl)c3)n2)C[C@@H]1CO. The van der Waals surface area contributed by atoms with Gasteiger partial charge < -0.3 is 10.4 Å². The maximum atomic E-state index is 13.1. The molecule has 0 amide bonds. The van der Waals surface area contributed by atoms with E-state index in [2.05, 4.69) is 22.3 Å². The summed E-state index contributed by atoms with van der Waals surface area (Å²) in [6.07, 6.45) is 6.92. The molecule has 0 unspecified atom stereocenters. The van der Waals surface area contributed by atoms with E-state index in [0.29, 0.717) is 34.7 Å². The molecule has 1 aliphatic rings. The number of carbonyl (C=O) groups is 1. The van der Waals surface area contributed by atoms with Gasteiger partial charge in [0, 0.05) is 41.9 Å². The van der Waals surface area contributed by atoms with Crippen molar-refractivity contribution >= 4 is 23.1 Å². The molecule has 3 atom stereocenters. The van der Waals surface area contributed by atoms with Gasteiger partial charge in [0.1, 0.15) is 5.69 Å². The van der Waals surface area contributed by atoms with E-state index in [-0.39, 0.29) is 18.4 Å². The van der Waals surface area contributed by atoms with Crippen molar-refractivity contribution in [3.05, 3.63) is 76.8 Å². The number of hydrogen-bond donors (Lipinski definition) is 2. The van der Waals surface area contributed by atoms with Crippen LogP contribution in [-0.2, 0) is 6.54 Å². The van der Waals surface area contributed by atoms with Crippen LogP contribution in [0.4, 0.5) is 5.69 Å². The van der Waals surface area contributed by atoms with Gasteiger partial charge in [0.15, 0.2) is 0 Å². The normalized spacial score (nSPS) is 21.0. The van der Waals surface area contributed by atoms with Crippen LogP contribution in [0.25, 0.3) is 0 Å². The molecule has 2 heterocycles. The third kappa shape index (κ3) is 4.55. The number of nitrogens with zero attached hydrogens (tertiary/aromatic N) is 3. The number of nitrogens with one attached hydrogen (secondary N) is 1. The maximum absolute atomic E-state index is 13.1. The molecule has 2 aromatic heterocycles. The topological polar surface area (TPSA) is 80.0 Å². The maximum Gasteiger partial charge on any atom is 0.216 e. The van der Waals surface area contributed by atoms with Crippen LogP contribution >= 0.6 is 11.6 Å². The Kier molecular flexibility index (Phi) is 6.16. The molecular weight excluding hydrogens is 400 g/mol. The first-order valence-electron chi connectivity index (χ1n) is 10.2. The quantitative estimate of drug-likeness (QED) is 0.560. The third-order valence-corrected chi connectivity index (χ3v) is 6.05. The minimum atomic E-state index is -0.166. The van der Waals surface area contributed by atoms with Crippen LogP contribution < -0.4 is 5.32 Å². The van der Waals surface area contributed by atoms with Crippen molar-refractivity contribution < 1.29 is 9.90 Å². The fourth-order valence-corrected chi connectivity index (χ4v) is 4.37. The van der Waals surface area contributed by atoms with E-state index >= 15 is 0 Å². The summed E-state index contributed by atoms with van der Waals surface area (Å²) in [6, 6.07) is 11.4. The second-order valence-corrected chi connectivity index (χ2v) is 8.45. The number of rotatable bonds is 7. The van der Waals surface area contributed by atoms with Crippen molar-refractivity contribution in [2.45, 2.75) is 32.4 Å². The first-order chi connectivity index (χ1) is 14.5. The van der Waals surface area contributed by atoms with Gasteiger partial charge in [-0.05, 0) is 54.5 Å². The van der Waals surface area contributed by atoms with Gasteiger partial charge in [0.2, 0.25) is 5.78 Å². The summed E-state index contributed by atoms with van der Waals surface area (Å²) >= 11 is 6.05. The molecule has 2 N–H and O–H groups in total. The highest BCUT2D eigenvalue weighted by molar-refractivity contribution is 6.30. The average Bonchev–Trinajstić information content (AvgIpc) is 3.34. The van der Waals surface area contributed by atoms with Gasteiger partial charge in [0.25, 0.3) is 0 Å². The van der Waals surface area contributed by atoms with Crippen LogP contribution in [0, 0.1) is 11.8 Å². The number of pyridine rings is 1. The average molecular weight is 425 g/mol. The van der Waals surface area contributed by atoms with Crippen LogP contribution in [-0.4, -0.2) is 38.3 Å². The lowest BCUT2D eigenvalue weighted by atomic mass is 10.00. The Balaban J connectivity index is 1.50. The lowest BCUT2D eigenvalue weighted by molar-refractivity contribution is 0.103. The fraction of sp³-hybridized carbons (Fsp3) is 0.348. The summed E-state index contributed by atoms with van der Waals surface area (Å²) in [5, 5.41) is 18.1. The standard InChI is InChI=1S/C23H25ClN4O2/c1-15-9-19(11-17(15)14-29)26-21-5-7-25-12-20(21)23(30)22-6-8-28(27-22)13-16-3-2-4-18(24)10-16/h2-8,10,12,15,17,19,29H,9,11,13-14H2,1H3,(H,25,26)/t15-,17+,19-/m0/s1. The minimum absolute atomic E-state index is 0.166. The molecule has 0 spiro atoms. The van der Waals surface area contributed by atoms with Gasteiger partial charge in [0.05, 0.1) is 12.1 Å². The second kappa shape index (κ2) is 8.98. The van der Waals surface area contributed by atoms with Crippen LogP contribution in [0.2, 0.25) is 5.02 Å². The van der Waals surface area contributed by atoms with Crippen LogP contribution in [0.5, 0.6) is 0 Å². The zero-order valence-electron chi connectivity index (χ0n) is 16.8. The molecule has 0 saturated heterocycles. The number of halogens is 1. The Morgan fingerprint density at radius 3 is 2.93 bits per heavy atom. The number of aliphatic hydroxyl groups excluding tert-OH is 1. The molecule has 3 aromatic rings. The molecule has 4 rings (SSSR count). The van der Waals surface area contributed by atoms with Crippen molar-refractivity contribution in [2.24, 2.45) is 11.8 Å². The van der Waals surface area contributed by atoms with E-state index in [9.17, 15) is 9.90 Å². The largest absolute Gasteiger partial charge is 0.396 e. The Morgan fingerprint density at radius 1 is 1.30 bits per heavy atom. The summed E-state index contributed by atoms with van der Waals surface area (Å²) in [6.45, 7) is 2.90. The summed E-state index contributed by atoms with van der Waals surface area (Å²) < 4.78 is 1.73. The molecule has 156 valence electrons. The smallest absolute Gasteiger partial charge is 0.216 e. The number of hydrogen-bond acceptors (Lipinski definition) is 5. The number of carbonyl (C=O) groups excluding carboxylic acids is 1. The summed E-state index contributed by atoms with van der Waals surface area (Å²) in [7, 11) is 0. The first kappa shape index (κ1) is 20.6. The molecule has 1 aromatic carbocycles. The van der Waals surface area contributed by atoms with E-state index in [1.54, 1.807) is 29.3 Å². The van der Waals surface area contributed by atoms with Gasteiger partial charge in [-0.25, -0.2) is 0 Å². The molecule has 1 fully saturated rings. The van der Waals surface area contributed by atoms with Gasteiger partial charge in [-0.3, -0.25) is 14.5 Å². The van der Waals surface area contributed by atoms with Gasteiger partial charge in [-0.2, -0.15) is 5.10 Å². The van der Waals surface area contributed by atoms with Crippen molar-refractivity contribution in [3.63, 3.8) is 0 Å². The number of benzene rings is 1. The lowest BCUT2D eigenvalue weighted by Gasteiger charge is -2.16. The third-order valence-electron chi connectivity index (χ3n) is 5.82. The van der Waals surface area contributed by atoms with Crippen LogP contribution in [0.15, 0.2) is 55.0 Å². The van der Waals surface area contributed by atoms with E-state index < -0.39 is 0 Å². The predicted molar refractivity (Wildman–Crippen MR) is 117 cm³/mol. The highest BCUT2D eigenvalue weighted by atomic mass is 35.5. The fourth-order valence-electron chi connectivity index (χ4n) is 4.16. The van der Waals surface area contributed by atoms with Gasteiger partial charge in [-0.1, -0.05) is 30.7 Å². The molecule has 6 nitrogen and oxygen atoms in total. The minimum Gasteiger partial charge on any atom is -0.396 e. The number of ketones is 1. The summed E-state index contributed by atoms with van der Waals surface area (Å²) in [4.78, 5) is 17.3. The van der Waals surface area contributed by atoms with Gasteiger partial charge >= 0.3 is 0 Å². The van der Waals surface area contributed by atoms with E-state index in [4.69, 9.17) is 11.6 Å². The second-order valence-electron chi connectivity index (χ2n) is 8.01. The molecule has 1 saturated carbocycles. The molecule has 7 heteroatoms. The lowest BCUT2D eigenvalue weighted by Crippen LogP contribution is -2.19. The van der Waals surface area contributed by atoms with E-state index in [0.717, 1.165) is 24.1 Å². The number of anilines is 1. The zero-order chi connectivity index (χ0) is 21.1. The number of aromatic nitrogens is 3. The molecular formula is C23H25ClN4O2. The molecule has 1 aliphatic carbocycles. The molecule has 0 radical (unpaired) electrons. The molecule has 0 bridgehead atoms. The Labute approximate surface area is 180 Å². The van der Waals surface area contributed by atoms with Gasteiger partial charge in [-0.15, -0.1) is 0 Å². The Morgan fingerprint density at radius 2 is 2.17 bits per heavy atom. The Hall–Kier alpha value is -2.70. The van der Waals surface area contributed by atoms with Crippen molar-refractivity contribution in [1.82, 2.24) is 14.8 Å². The highest BCUT2D eigenvalue weighted by Gasteiger charge is 2.31. The first-order valence-corrected chi connectivity index (χ1v) is 10.5. The monoisotopic (exact) mass is 424 g/mol. The molecule has 30 heavy (non-hydrogen) atoms. The highest BCUT2D eigenvalue weighted by Crippen LogP contribution is 2.33. The van der Waals surface area contributed by atoms with E-state index in [1.165, 1.54) is 0 Å². The van der Waals surface area contributed by atoms with Crippen molar-refractivity contribution in [2.75, 3.05) is 11.9 Å². The summed E-state index contributed by atoms with van der Waals surface area (Å²) in [5.74, 6) is 0.585. The summed E-state index contributed by atoms with van der Waals surface area (Å²) in [5.41, 5.74) is 2.66. The van der Waals surface area contributed by atoms with E-state index in [1.807, 2.05) is 30.3 Å². The number of aliphatic hydroxyl groups is 1. The van der Waals surface area contributed by atoms with Crippen molar-refractivity contribution in [1.29, 1.82) is 0 Å². The van der Waals surface area contributed by atoms with Crippen LogP contribution in [0.3, 0.4) is 0 Å². The predicted octanol–water partition coefficient (Wildman–Crippen LogP) is 4.03. The zero-order valence-corrected chi connectivity index (χ0v) is 17.6. The Bertz CT molecular complexity index is 1040. The molecule has 0 aliphatic heterocycles. The van der Waals surface area contributed by atoms with Crippen molar-refractivity contribution in [3.8, 4) is 0 Å². The van der Waals surface area contributed by atoms with Crippen LogP contribution in [0.1, 0.15) is 41.4 Å².